The fourth-order valence-electron chi connectivity index (χ4n) is 1.50. The van der Waals surface area contributed by atoms with E-state index in [1.165, 1.54) is 0 Å². The number of hydrogen-bond donors (Lipinski definition) is 3. The molecule has 1 heterocycles. The second-order valence-corrected chi connectivity index (χ2v) is 5.77. The van der Waals surface area contributed by atoms with Gasteiger partial charge in [0, 0.05) is 12.0 Å². The Bertz CT molecular complexity index is 425. The SMILES string of the molecule is CCCC(O)CNC(=O)NCc1noc(C(C)(C)C)n1. The molecule has 20 heavy (non-hydrogen) atoms. The van der Waals surface area contributed by atoms with E-state index in [9.17, 15) is 9.90 Å². The van der Waals surface area contributed by atoms with Crippen LogP contribution in [0.15, 0.2) is 4.52 Å². The second kappa shape index (κ2) is 7.23. The van der Waals surface area contributed by atoms with Crippen LogP contribution in [-0.4, -0.2) is 33.9 Å². The summed E-state index contributed by atoms with van der Waals surface area (Å²) in [6, 6.07) is -0.359. The molecule has 0 fully saturated rings. The summed E-state index contributed by atoms with van der Waals surface area (Å²) in [7, 11) is 0. The molecular weight excluding hydrogens is 260 g/mol. The molecule has 0 spiro atoms. The summed E-state index contributed by atoms with van der Waals surface area (Å²) in [6.07, 6.45) is 1.03. The molecule has 1 aromatic heterocycles. The van der Waals surface area contributed by atoms with Crippen LogP contribution in [0.1, 0.15) is 52.3 Å². The van der Waals surface area contributed by atoms with Crippen LogP contribution in [-0.2, 0) is 12.0 Å². The van der Waals surface area contributed by atoms with E-state index in [0.717, 1.165) is 6.42 Å². The maximum Gasteiger partial charge on any atom is 0.315 e. The third-order valence-corrected chi connectivity index (χ3v) is 2.64. The molecule has 1 unspecified atom stereocenters. The molecule has 0 aliphatic rings. The molecule has 0 saturated heterocycles. The first kappa shape index (κ1) is 16.4. The largest absolute Gasteiger partial charge is 0.391 e. The molecule has 0 saturated carbocycles. The molecule has 1 aromatic rings. The minimum Gasteiger partial charge on any atom is -0.391 e. The van der Waals surface area contributed by atoms with Crippen LogP contribution >= 0.6 is 0 Å². The number of amides is 2. The van der Waals surface area contributed by atoms with Crippen molar-refractivity contribution in [1.82, 2.24) is 20.8 Å². The predicted molar refractivity (Wildman–Crippen MR) is 74.2 cm³/mol. The highest BCUT2D eigenvalue weighted by Crippen LogP contribution is 2.19. The summed E-state index contributed by atoms with van der Waals surface area (Å²) in [5, 5.41) is 18.5. The number of rotatable bonds is 6. The van der Waals surface area contributed by atoms with Gasteiger partial charge in [-0.25, -0.2) is 4.79 Å². The van der Waals surface area contributed by atoms with Crippen LogP contribution < -0.4 is 10.6 Å². The summed E-state index contributed by atoms with van der Waals surface area (Å²) >= 11 is 0. The lowest BCUT2D eigenvalue weighted by Gasteiger charge is -2.11. The van der Waals surface area contributed by atoms with E-state index in [4.69, 9.17) is 4.52 Å². The van der Waals surface area contributed by atoms with Crippen molar-refractivity contribution >= 4 is 6.03 Å². The Kier molecular flexibility index (Phi) is 5.94. The Morgan fingerprint density at radius 3 is 2.65 bits per heavy atom. The zero-order chi connectivity index (χ0) is 15.2. The summed E-state index contributed by atoms with van der Waals surface area (Å²) in [5.74, 6) is 0.965. The Labute approximate surface area is 119 Å². The summed E-state index contributed by atoms with van der Waals surface area (Å²) < 4.78 is 5.12. The molecule has 1 rings (SSSR count). The fourth-order valence-corrected chi connectivity index (χ4v) is 1.50. The molecule has 7 nitrogen and oxygen atoms in total. The number of hydrogen-bond acceptors (Lipinski definition) is 5. The average Bonchev–Trinajstić information content (AvgIpc) is 2.83. The lowest BCUT2D eigenvalue weighted by molar-refractivity contribution is 0.160. The highest BCUT2D eigenvalue weighted by molar-refractivity contribution is 5.73. The topological polar surface area (TPSA) is 100 Å². The van der Waals surface area contributed by atoms with Gasteiger partial charge < -0.3 is 20.3 Å². The number of nitrogens with one attached hydrogen (secondary N) is 2. The van der Waals surface area contributed by atoms with E-state index >= 15 is 0 Å². The summed E-state index contributed by atoms with van der Waals surface area (Å²) in [6.45, 7) is 8.32. The molecule has 0 bridgehead atoms. The van der Waals surface area contributed by atoms with E-state index < -0.39 is 6.10 Å². The van der Waals surface area contributed by atoms with Crippen molar-refractivity contribution < 1.29 is 14.4 Å². The molecule has 7 heteroatoms. The molecule has 0 radical (unpaired) electrons. The van der Waals surface area contributed by atoms with Crippen molar-refractivity contribution in [3.63, 3.8) is 0 Å². The Balaban J connectivity index is 2.32. The monoisotopic (exact) mass is 284 g/mol. The first-order chi connectivity index (χ1) is 9.32. The molecule has 0 aliphatic carbocycles. The molecule has 3 N–H and O–H groups in total. The van der Waals surface area contributed by atoms with Crippen LogP contribution in [0.3, 0.4) is 0 Å². The molecular formula is C13H24N4O3. The van der Waals surface area contributed by atoms with E-state index in [0.29, 0.717) is 18.1 Å². The van der Waals surface area contributed by atoms with Crippen molar-refractivity contribution in [2.24, 2.45) is 0 Å². The molecule has 2 amide bonds. The van der Waals surface area contributed by atoms with E-state index in [-0.39, 0.29) is 24.5 Å². The van der Waals surface area contributed by atoms with Gasteiger partial charge in [-0.15, -0.1) is 0 Å². The lowest BCUT2D eigenvalue weighted by Crippen LogP contribution is -2.39. The zero-order valence-corrected chi connectivity index (χ0v) is 12.6. The van der Waals surface area contributed by atoms with Crippen molar-refractivity contribution in [2.45, 2.75) is 58.6 Å². The smallest absolute Gasteiger partial charge is 0.315 e. The normalized spacial score (nSPS) is 13.1. The van der Waals surface area contributed by atoms with Gasteiger partial charge in [0.25, 0.3) is 0 Å². The van der Waals surface area contributed by atoms with Crippen LogP contribution in [0.5, 0.6) is 0 Å². The molecule has 114 valence electrons. The van der Waals surface area contributed by atoms with Crippen LogP contribution in [0, 0.1) is 0 Å². The van der Waals surface area contributed by atoms with Gasteiger partial charge in [0.2, 0.25) is 5.89 Å². The highest BCUT2D eigenvalue weighted by atomic mass is 16.5. The Morgan fingerprint density at radius 1 is 1.40 bits per heavy atom. The van der Waals surface area contributed by atoms with Crippen LogP contribution in [0.2, 0.25) is 0 Å². The first-order valence-electron chi connectivity index (χ1n) is 6.85. The standard InChI is InChI=1S/C13H24N4O3/c1-5-6-9(18)7-14-12(19)15-8-10-16-11(20-17-10)13(2,3)4/h9,18H,5-8H2,1-4H3,(H2,14,15,19). The number of nitrogens with zero attached hydrogens (tertiary/aromatic N) is 2. The van der Waals surface area contributed by atoms with Crippen molar-refractivity contribution in [3.8, 4) is 0 Å². The molecule has 0 aromatic carbocycles. The van der Waals surface area contributed by atoms with E-state index in [2.05, 4.69) is 20.8 Å². The predicted octanol–water partition coefficient (Wildman–Crippen LogP) is 1.33. The van der Waals surface area contributed by atoms with Crippen molar-refractivity contribution in [3.05, 3.63) is 11.7 Å². The van der Waals surface area contributed by atoms with E-state index in [1.54, 1.807) is 0 Å². The number of aromatic nitrogens is 2. The number of aliphatic hydroxyl groups is 1. The Hall–Kier alpha value is -1.63. The van der Waals surface area contributed by atoms with Crippen molar-refractivity contribution in [2.75, 3.05) is 6.54 Å². The number of carbonyl (C=O) groups is 1. The molecule has 0 aliphatic heterocycles. The minimum atomic E-state index is -0.511. The third kappa shape index (κ3) is 5.56. The van der Waals surface area contributed by atoms with E-state index in [1.807, 2.05) is 27.7 Å². The average molecular weight is 284 g/mol. The Morgan fingerprint density at radius 2 is 2.10 bits per heavy atom. The van der Waals surface area contributed by atoms with Crippen molar-refractivity contribution in [1.29, 1.82) is 0 Å². The fraction of sp³-hybridized carbons (Fsp3) is 0.769. The van der Waals surface area contributed by atoms with Gasteiger partial charge in [-0.2, -0.15) is 4.98 Å². The van der Waals surface area contributed by atoms with Gasteiger partial charge in [0.15, 0.2) is 5.82 Å². The minimum absolute atomic E-state index is 0.190. The quantitative estimate of drug-likeness (QED) is 0.731. The van der Waals surface area contributed by atoms with Crippen LogP contribution in [0.25, 0.3) is 0 Å². The first-order valence-corrected chi connectivity index (χ1v) is 6.85. The zero-order valence-electron chi connectivity index (χ0n) is 12.6. The van der Waals surface area contributed by atoms with Gasteiger partial charge in [-0.1, -0.05) is 39.3 Å². The number of aliphatic hydroxyl groups excluding tert-OH is 1. The summed E-state index contributed by atoms with van der Waals surface area (Å²) in [4.78, 5) is 15.7. The van der Waals surface area contributed by atoms with Gasteiger partial charge in [-0.05, 0) is 6.42 Å². The highest BCUT2D eigenvalue weighted by Gasteiger charge is 2.21. The van der Waals surface area contributed by atoms with Gasteiger partial charge >= 0.3 is 6.03 Å². The third-order valence-electron chi connectivity index (χ3n) is 2.64. The second-order valence-electron chi connectivity index (χ2n) is 5.77. The van der Waals surface area contributed by atoms with Gasteiger partial charge in [0.05, 0.1) is 12.6 Å². The maximum atomic E-state index is 11.5. The lowest BCUT2D eigenvalue weighted by atomic mass is 9.97. The molecule has 1 atom stereocenters. The summed E-state index contributed by atoms with van der Waals surface area (Å²) in [5.41, 5.74) is -0.211. The number of urea groups is 1. The maximum absolute atomic E-state index is 11.5. The number of carbonyl (C=O) groups excluding carboxylic acids is 1. The van der Waals surface area contributed by atoms with Crippen LogP contribution in [0.4, 0.5) is 4.79 Å². The van der Waals surface area contributed by atoms with Gasteiger partial charge in [-0.3, -0.25) is 0 Å². The van der Waals surface area contributed by atoms with Gasteiger partial charge in [0.1, 0.15) is 0 Å².